The molecule has 0 saturated heterocycles. The van der Waals surface area contributed by atoms with E-state index in [1.165, 1.54) is 0 Å². The number of ether oxygens (including phenoxy) is 2. The second-order valence-electron chi connectivity index (χ2n) is 5.32. The van der Waals surface area contributed by atoms with E-state index in [9.17, 15) is 9.59 Å². The maximum atomic E-state index is 12.7. The van der Waals surface area contributed by atoms with Crippen LogP contribution in [0.2, 0.25) is 0 Å². The van der Waals surface area contributed by atoms with Crippen molar-refractivity contribution in [2.24, 2.45) is 0 Å². The minimum absolute atomic E-state index is 0.191. The highest BCUT2D eigenvalue weighted by atomic mass is 16.7. The molecule has 0 unspecified atom stereocenters. The zero-order valence-electron chi connectivity index (χ0n) is 12.6. The number of nitrogens with zero attached hydrogens (tertiary/aromatic N) is 2. The molecule has 0 aliphatic carbocycles. The van der Waals surface area contributed by atoms with Crippen LogP contribution in [-0.4, -0.2) is 21.6 Å². The predicted molar refractivity (Wildman–Crippen MR) is 85.8 cm³/mol. The molecule has 1 N–H and O–H groups in total. The first kappa shape index (κ1) is 14.3. The van der Waals surface area contributed by atoms with Gasteiger partial charge in [0, 0.05) is 6.42 Å². The lowest BCUT2D eigenvalue weighted by Crippen LogP contribution is -2.37. The van der Waals surface area contributed by atoms with E-state index in [2.05, 4.69) is 10.2 Å². The Morgan fingerprint density at radius 1 is 1.04 bits per heavy atom. The van der Waals surface area contributed by atoms with Gasteiger partial charge in [0.15, 0.2) is 11.5 Å². The Labute approximate surface area is 136 Å². The molecule has 4 rings (SSSR count). The van der Waals surface area contributed by atoms with Crippen LogP contribution in [0.4, 0.5) is 0 Å². The maximum Gasteiger partial charge on any atom is 0.349 e. The zero-order chi connectivity index (χ0) is 16.5. The highest BCUT2D eigenvalue weighted by molar-refractivity contribution is 5.45. The van der Waals surface area contributed by atoms with E-state index in [1.807, 2.05) is 12.1 Å². The van der Waals surface area contributed by atoms with Gasteiger partial charge in [-0.15, -0.1) is 0 Å². The first-order chi connectivity index (χ1) is 11.7. The fraction of sp³-hybridized carbons (Fsp3) is 0.118. The van der Waals surface area contributed by atoms with Crippen LogP contribution in [0.25, 0.3) is 5.69 Å². The molecule has 2 aromatic carbocycles. The summed E-state index contributed by atoms with van der Waals surface area (Å²) >= 11 is 0. The SMILES string of the molecule is O=c1[nH]nc(Cc2ccc3c(c2)OCO3)c(=O)n1-c1ccccc1. The van der Waals surface area contributed by atoms with Crippen LogP contribution < -0.4 is 20.7 Å². The molecule has 0 saturated carbocycles. The van der Waals surface area contributed by atoms with Crippen LogP contribution in [0.1, 0.15) is 11.3 Å². The molecule has 1 aromatic heterocycles. The van der Waals surface area contributed by atoms with Gasteiger partial charge in [0.05, 0.1) is 5.69 Å². The summed E-state index contributed by atoms with van der Waals surface area (Å²) in [6.07, 6.45) is 0.277. The largest absolute Gasteiger partial charge is 0.454 e. The number of benzene rings is 2. The Balaban J connectivity index is 1.75. The fourth-order valence-corrected chi connectivity index (χ4v) is 2.61. The molecule has 24 heavy (non-hydrogen) atoms. The second kappa shape index (κ2) is 5.69. The molecular formula is C17H13N3O4. The summed E-state index contributed by atoms with van der Waals surface area (Å²) in [5.41, 5.74) is 0.578. The summed E-state index contributed by atoms with van der Waals surface area (Å²) < 4.78 is 11.7. The monoisotopic (exact) mass is 323 g/mol. The van der Waals surface area contributed by atoms with Gasteiger partial charge in [0.1, 0.15) is 5.69 Å². The molecule has 0 amide bonds. The molecule has 0 bridgehead atoms. The van der Waals surface area contributed by atoms with Crippen molar-refractivity contribution in [3.8, 4) is 17.2 Å². The van der Waals surface area contributed by atoms with Crippen molar-refractivity contribution in [1.82, 2.24) is 14.8 Å². The topological polar surface area (TPSA) is 86.2 Å². The van der Waals surface area contributed by atoms with Crippen molar-refractivity contribution in [2.45, 2.75) is 6.42 Å². The smallest absolute Gasteiger partial charge is 0.349 e. The number of rotatable bonds is 3. The van der Waals surface area contributed by atoms with Gasteiger partial charge in [0.25, 0.3) is 5.56 Å². The van der Waals surface area contributed by atoms with Gasteiger partial charge in [-0.2, -0.15) is 5.10 Å². The van der Waals surface area contributed by atoms with Crippen LogP contribution in [-0.2, 0) is 6.42 Å². The molecule has 0 fully saturated rings. The van der Waals surface area contributed by atoms with Gasteiger partial charge in [-0.3, -0.25) is 4.79 Å². The Bertz CT molecular complexity index is 1010. The lowest BCUT2D eigenvalue weighted by Gasteiger charge is -2.06. The van der Waals surface area contributed by atoms with Crippen molar-refractivity contribution in [3.63, 3.8) is 0 Å². The molecule has 3 aromatic rings. The number of aromatic nitrogens is 3. The second-order valence-corrected chi connectivity index (χ2v) is 5.32. The van der Waals surface area contributed by atoms with Crippen molar-refractivity contribution in [3.05, 3.63) is 80.6 Å². The Morgan fingerprint density at radius 3 is 2.67 bits per heavy atom. The third kappa shape index (κ3) is 2.45. The quantitative estimate of drug-likeness (QED) is 0.784. The summed E-state index contributed by atoms with van der Waals surface area (Å²) in [4.78, 5) is 24.7. The van der Waals surface area contributed by atoms with E-state index >= 15 is 0 Å². The number of fused-ring (bicyclic) bond motifs is 1. The van der Waals surface area contributed by atoms with E-state index < -0.39 is 11.2 Å². The first-order valence-electron chi connectivity index (χ1n) is 7.37. The Kier molecular flexibility index (Phi) is 3.38. The maximum absolute atomic E-state index is 12.7. The van der Waals surface area contributed by atoms with E-state index in [-0.39, 0.29) is 18.9 Å². The average molecular weight is 323 g/mol. The molecule has 2 heterocycles. The average Bonchev–Trinajstić information content (AvgIpc) is 3.06. The molecule has 7 nitrogen and oxygen atoms in total. The summed E-state index contributed by atoms with van der Waals surface area (Å²) in [6.45, 7) is 0.191. The van der Waals surface area contributed by atoms with Crippen LogP contribution in [0.5, 0.6) is 11.5 Å². The highest BCUT2D eigenvalue weighted by Gasteiger charge is 2.16. The highest BCUT2D eigenvalue weighted by Crippen LogP contribution is 2.32. The third-order valence-corrected chi connectivity index (χ3v) is 3.76. The number of hydrogen-bond acceptors (Lipinski definition) is 5. The molecule has 0 atom stereocenters. The normalized spacial score (nSPS) is 12.3. The standard InChI is InChI=1S/C17H13N3O4/c21-16-13(8-11-6-7-14-15(9-11)24-10-23-14)18-19-17(22)20(16)12-4-2-1-3-5-12/h1-7,9H,8,10H2,(H,19,22). The first-order valence-corrected chi connectivity index (χ1v) is 7.37. The van der Waals surface area contributed by atoms with Crippen molar-refractivity contribution < 1.29 is 9.47 Å². The Morgan fingerprint density at radius 2 is 1.83 bits per heavy atom. The fourth-order valence-electron chi connectivity index (χ4n) is 2.61. The van der Waals surface area contributed by atoms with Crippen LogP contribution in [0.3, 0.4) is 0 Å². The van der Waals surface area contributed by atoms with Crippen molar-refractivity contribution >= 4 is 0 Å². The zero-order valence-corrected chi connectivity index (χ0v) is 12.6. The molecule has 1 aliphatic rings. The summed E-state index contributed by atoms with van der Waals surface area (Å²) in [6, 6.07) is 14.2. The van der Waals surface area contributed by atoms with Gasteiger partial charge in [-0.25, -0.2) is 14.5 Å². The number of para-hydroxylation sites is 1. The molecule has 120 valence electrons. The van der Waals surface area contributed by atoms with Crippen LogP contribution in [0.15, 0.2) is 58.1 Å². The number of hydrogen-bond donors (Lipinski definition) is 1. The van der Waals surface area contributed by atoms with E-state index in [4.69, 9.17) is 9.47 Å². The lowest BCUT2D eigenvalue weighted by atomic mass is 10.1. The third-order valence-electron chi connectivity index (χ3n) is 3.76. The number of nitrogens with one attached hydrogen (secondary N) is 1. The lowest BCUT2D eigenvalue weighted by molar-refractivity contribution is 0.174. The number of H-pyrrole nitrogens is 1. The van der Waals surface area contributed by atoms with Crippen molar-refractivity contribution in [1.29, 1.82) is 0 Å². The molecule has 0 spiro atoms. The minimum Gasteiger partial charge on any atom is -0.454 e. The van der Waals surface area contributed by atoms with Crippen LogP contribution >= 0.6 is 0 Å². The van der Waals surface area contributed by atoms with Gasteiger partial charge in [-0.1, -0.05) is 24.3 Å². The molecule has 1 aliphatic heterocycles. The van der Waals surface area contributed by atoms with Crippen LogP contribution in [0, 0.1) is 0 Å². The minimum atomic E-state index is -0.569. The summed E-state index contributed by atoms with van der Waals surface area (Å²) in [5, 5.41) is 6.29. The van der Waals surface area contributed by atoms with E-state index in [0.29, 0.717) is 17.2 Å². The molecular weight excluding hydrogens is 310 g/mol. The van der Waals surface area contributed by atoms with Gasteiger partial charge in [0.2, 0.25) is 6.79 Å². The van der Waals surface area contributed by atoms with Gasteiger partial charge >= 0.3 is 5.69 Å². The Hall–Kier alpha value is -3.35. The summed E-state index contributed by atoms with van der Waals surface area (Å²) in [5.74, 6) is 1.31. The van der Waals surface area contributed by atoms with E-state index in [1.54, 1.807) is 36.4 Å². The molecule has 7 heteroatoms. The predicted octanol–water partition coefficient (Wildman–Crippen LogP) is 1.24. The van der Waals surface area contributed by atoms with E-state index in [0.717, 1.165) is 10.1 Å². The molecule has 0 radical (unpaired) electrons. The summed E-state index contributed by atoms with van der Waals surface area (Å²) in [7, 11) is 0. The van der Waals surface area contributed by atoms with Crippen molar-refractivity contribution in [2.75, 3.05) is 6.79 Å². The van der Waals surface area contributed by atoms with Gasteiger partial charge in [-0.05, 0) is 29.8 Å². The van der Waals surface area contributed by atoms with Gasteiger partial charge < -0.3 is 9.47 Å². The number of aromatic amines is 1.